The van der Waals surface area contributed by atoms with Crippen LogP contribution in [0.15, 0.2) is 36.5 Å². The van der Waals surface area contributed by atoms with Gasteiger partial charge in [0.1, 0.15) is 0 Å². The molecule has 0 saturated heterocycles. The molecule has 22 heavy (non-hydrogen) atoms. The summed E-state index contributed by atoms with van der Waals surface area (Å²) in [6, 6.07) is 10.9. The highest BCUT2D eigenvalue weighted by atomic mass is 14.6. The Balaban J connectivity index is 1.46. The van der Waals surface area contributed by atoms with Crippen molar-refractivity contribution in [3.05, 3.63) is 42.1 Å². The first kappa shape index (κ1) is 14.2. The average molecular weight is 293 g/mol. The highest BCUT2D eigenvalue weighted by molar-refractivity contribution is 5.82. The number of hydrogen-bond donors (Lipinski definition) is 0. The van der Waals surface area contributed by atoms with Gasteiger partial charge in [0.2, 0.25) is 0 Å². The normalized spacial score (nSPS) is 27.0. The summed E-state index contributed by atoms with van der Waals surface area (Å²) in [4.78, 5) is 4.52. The second-order valence-corrected chi connectivity index (χ2v) is 7.69. The van der Waals surface area contributed by atoms with E-state index in [1.807, 2.05) is 6.20 Å². The summed E-state index contributed by atoms with van der Waals surface area (Å²) in [5.74, 6) is 3.75. The third-order valence-corrected chi connectivity index (χ3v) is 6.10. The molecule has 2 saturated carbocycles. The smallest absolute Gasteiger partial charge is 0.0704 e. The minimum Gasteiger partial charge on any atom is -0.256 e. The number of pyridine rings is 1. The number of aromatic nitrogens is 1. The fourth-order valence-electron chi connectivity index (χ4n) is 4.54. The number of nitrogens with zero attached hydrogens (tertiary/aromatic N) is 1. The van der Waals surface area contributed by atoms with Crippen LogP contribution in [0.2, 0.25) is 0 Å². The maximum Gasteiger partial charge on any atom is 0.0704 e. The average Bonchev–Trinajstić information content (AvgIpc) is 3.38. The lowest BCUT2D eigenvalue weighted by atomic mass is 9.73. The number of fused-ring (bicyclic) bond motifs is 1. The van der Waals surface area contributed by atoms with Gasteiger partial charge in [-0.3, -0.25) is 4.98 Å². The van der Waals surface area contributed by atoms with E-state index in [2.05, 4.69) is 42.2 Å². The Labute approximate surface area is 134 Å². The molecule has 1 heteroatoms. The van der Waals surface area contributed by atoms with Crippen LogP contribution < -0.4 is 0 Å². The lowest BCUT2D eigenvalue weighted by Gasteiger charge is -2.33. The van der Waals surface area contributed by atoms with E-state index in [-0.39, 0.29) is 0 Å². The van der Waals surface area contributed by atoms with E-state index in [1.54, 1.807) is 5.56 Å². The van der Waals surface area contributed by atoms with Crippen LogP contribution >= 0.6 is 0 Å². The molecule has 1 aromatic carbocycles. The van der Waals surface area contributed by atoms with Crippen molar-refractivity contribution in [1.82, 2.24) is 4.98 Å². The van der Waals surface area contributed by atoms with Crippen LogP contribution in [-0.2, 0) is 0 Å². The van der Waals surface area contributed by atoms with Crippen LogP contribution in [-0.4, -0.2) is 4.98 Å². The Morgan fingerprint density at radius 1 is 1.00 bits per heavy atom. The fraction of sp³-hybridized carbons (Fsp3) is 0.571. The first-order chi connectivity index (χ1) is 10.8. The third-order valence-electron chi connectivity index (χ3n) is 6.10. The third kappa shape index (κ3) is 2.91. The molecule has 2 aliphatic carbocycles. The largest absolute Gasteiger partial charge is 0.256 e. The quantitative estimate of drug-likeness (QED) is 0.679. The van der Waals surface area contributed by atoms with Gasteiger partial charge in [-0.2, -0.15) is 0 Å². The minimum absolute atomic E-state index is 0.747. The zero-order chi connectivity index (χ0) is 14.9. The van der Waals surface area contributed by atoms with Crippen molar-refractivity contribution in [1.29, 1.82) is 0 Å². The number of benzene rings is 1. The molecule has 0 bridgehead atoms. The zero-order valence-corrected chi connectivity index (χ0v) is 13.7. The van der Waals surface area contributed by atoms with Crippen molar-refractivity contribution in [3.8, 4) is 0 Å². The van der Waals surface area contributed by atoms with Gasteiger partial charge >= 0.3 is 0 Å². The zero-order valence-electron chi connectivity index (χ0n) is 13.7. The first-order valence-electron chi connectivity index (χ1n) is 9.15. The predicted octanol–water partition coefficient (Wildman–Crippen LogP) is 5.94. The molecular weight excluding hydrogens is 266 g/mol. The molecule has 1 atom stereocenters. The van der Waals surface area contributed by atoms with E-state index in [9.17, 15) is 0 Å². The molecule has 0 N–H and O–H groups in total. The summed E-state index contributed by atoms with van der Waals surface area (Å²) < 4.78 is 0. The van der Waals surface area contributed by atoms with E-state index in [0.29, 0.717) is 0 Å². The van der Waals surface area contributed by atoms with Crippen molar-refractivity contribution in [2.45, 2.75) is 57.8 Å². The molecular formula is C21H27N. The highest BCUT2D eigenvalue weighted by Crippen LogP contribution is 2.44. The Kier molecular flexibility index (Phi) is 3.90. The van der Waals surface area contributed by atoms with Crippen LogP contribution in [0.25, 0.3) is 10.9 Å². The summed E-state index contributed by atoms with van der Waals surface area (Å²) in [5.41, 5.74) is 2.70. The second-order valence-electron chi connectivity index (χ2n) is 7.69. The highest BCUT2D eigenvalue weighted by Gasteiger charge is 2.30. The number of hydrogen-bond acceptors (Lipinski definition) is 1. The molecule has 1 aromatic heterocycles. The van der Waals surface area contributed by atoms with Crippen molar-refractivity contribution in [2.75, 3.05) is 0 Å². The van der Waals surface area contributed by atoms with Crippen LogP contribution in [0.5, 0.6) is 0 Å². The van der Waals surface area contributed by atoms with E-state index in [4.69, 9.17) is 0 Å². The SMILES string of the molecule is CC(CC1CC1)C1CCC(c2ccnc3ccccc23)CC1. The summed E-state index contributed by atoms with van der Waals surface area (Å²) in [5, 5.41) is 1.37. The predicted molar refractivity (Wildman–Crippen MR) is 92.9 cm³/mol. The van der Waals surface area contributed by atoms with Gasteiger partial charge in [-0.1, -0.05) is 38.0 Å². The van der Waals surface area contributed by atoms with Gasteiger partial charge in [-0.15, -0.1) is 0 Å². The lowest BCUT2D eigenvalue weighted by Crippen LogP contribution is -2.20. The molecule has 116 valence electrons. The molecule has 1 nitrogen and oxygen atoms in total. The molecule has 1 heterocycles. The van der Waals surface area contributed by atoms with Crippen LogP contribution in [0.4, 0.5) is 0 Å². The minimum atomic E-state index is 0.747. The molecule has 2 aromatic rings. The monoisotopic (exact) mass is 293 g/mol. The molecule has 0 radical (unpaired) electrons. The van der Waals surface area contributed by atoms with Gasteiger partial charge < -0.3 is 0 Å². The van der Waals surface area contributed by atoms with Gasteiger partial charge in [0.15, 0.2) is 0 Å². The van der Waals surface area contributed by atoms with Gasteiger partial charge in [-0.05, 0) is 73.5 Å². The Morgan fingerprint density at radius 2 is 1.77 bits per heavy atom. The molecule has 1 unspecified atom stereocenters. The molecule has 0 spiro atoms. The van der Waals surface area contributed by atoms with Crippen LogP contribution in [0, 0.1) is 17.8 Å². The second kappa shape index (κ2) is 6.02. The maximum absolute atomic E-state index is 4.52. The molecule has 0 aliphatic heterocycles. The summed E-state index contributed by atoms with van der Waals surface area (Å²) in [6.45, 7) is 2.51. The van der Waals surface area contributed by atoms with Crippen molar-refractivity contribution in [3.63, 3.8) is 0 Å². The summed E-state index contributed by atoms with van der Waals surface area (Å²) in [7, 11) is 0. The van der Waals surface area contributed by atoms with Crippen LogP contribution in [0.1, 0.15) is 63.4 Å². The lowest BCUT2D eigenvalue weighted by molar-refractivity contribution is 0.230. The summed E-state index contributed by atoms with van der Waals surface area (Å²) in [6.07, 6.45) is 12.1. The standard InChI is InChI=1S/C21H27N/c1-15(14-16-6-7-16)17-8-10-18(11-9-17)19-12-13-22-21-5-3-2-4-20(19)21/h2-5,12-13,15-18H,6-11,14H2,1H3. The van der Waals surface area contributed by atoms with Gasteiger partial charge in [0, 0.05) is 11.6 Å². The maximum atomic E-state index is 4.52. The number of para-hydroxylation sites is 1. The summed E-state index contributed by atoms with van der Waals surface area (Å²) >= 11 is 0. The number of rotatable bonds is 4. The topological polar surface area (TPSA) is 12.9 Å². The molecule has 0 amide bonds. The molecule has 2 fully saturated rings. The Morgan fingerprint density at radius 3 is 2.55 bits per heavy atom. The van der Waals surface area contributed by atoms with E-state index in [0.717, 1.165) is 29.2 Å². The fourth-order valence-corrected chi connectivity index (χ4v) is 4.54. The van der Waals surface area contributed by atoms with Gasteiger partial charge in [0.25, 0.3) is 0 Å². The van der Waals surface area contributed by atoms with E-state index in [1.165, 1.54) is 50.3 Å². The van der Waals surface area contributed by atoms with E-state index >= 15 is 0 Å². The first-order valence-corrected chi connectivity index (χ1v) is 9.15. The molecule has 4 rings (SSSR count). The molecule has 2 aliphatic rings. The van der Waals surface area contributed by atoms with Crippen molar-refractivity contribution in [2.24, 2.45) is 17.8 Å². The Hall–Kier alpha value is -1.37. The van der Waals surface area contributed by atoms with Crippen molar-refractivity contribution >= 4 is 10.9 Å². The van der Waals surface area contributed by atoms with Gasteiger partial charge in [0.05, 0.1) is 5.52 Å². The van der Waals surface area contributed by atoms with Gasteiger partial charge in [-0.25, -0.2) is 0 Å². The van der Waals surface area contributed by atoms with E-state index < -0.39 is 0 Å². The van der Waals surface area contributed by atoms with Crippen LogP contribution in [0.3, 0.4) is 0 Å². The van der Waals surface area contributed by atoms with Crippen molar-refractivity contribution < 1.29 is 0 Å². The Bertz CT molecular complexity index is 630.